The highest BCUT2D eigenvalue weighted by atomic mass is 32.2. The number of nitrogens with zero attached hydrogens (tertiary/aromatic N) is 1. The minimum Gasteiger partial charge on any atom is -0.351 e. The van der Waals surface area contributed by atoms with Gasteiger partial charge in [0.25, 0.3) is 5.91 Å². The fraction of sp³-hybridized carbons (Fsp3) is 0.400. The average molecular weight is 436 g/mol. The van der Waals surface area contributed by atoms with E-state index in [-0.39, 0.29) is 29.7 Å². The van der Waals surface area contributed by atoms with Crippen LogP contribution in [0, 0.1) is 0 Å². The molecule has 0 bridgehead atoms. The van der Waals surface area contributed by atoms with Crippen LogP contribution in [0.3, 0.4) is 0 Å². The molecule has 1 fully saturated rings. The third-order valence-electron chi connectivity index (χ3n) is 4.70. The molecule has 1 aliphatic heterocycles. The van der Waals surface area contributed by atoms with Crippen molar-refractivity contribution in [2.75, 3.05) is 25.0 Å². The molecule has 0 aliphatic carbocycles. The molecule has 0 unspecified atom stereocenters. The molecule has 1 aliphatic rings. The van der Waals surface area contributed by atoms with Crippen molar-refractivity contribution >= 4 is 38.9 Å². The fourth-order valence-electron chi connectivity index (χ4n) is 3.17. The first-order chi connectivity index (χ1) is 14.0. The van der Waals surface area contributed by atoms with Gasteiger partial charge in [0.05, 0.1) is 9.77 Å². The average Bonchev–Trinajstić information content (AvgIpc) is 3.10. The Morgan fingerprint density at radius 3 is 2.48 bits per heavy atom. The molecular weight excluding hydrogens is 410 g/mol. The predicted octanol–water partition coefficient (Wildman–Crippen LogP) is 3.07. The van der Waals surface area contributed by atoms with Gasteiger partial charge in [-0.05, 0) is 42.5 Å². The van der Waals surface area contributed by atoms with Gasteiger partial charge in [0.1, 0.15) is 0 Å². The quantitative estimate of drug-likeness (QED) is 0.699. The van der Waals surface area contributed by atoms with Crippen molar-refractivity contribution in [1.82, 2.24) is 9.62 Å². The zero-order valence-corrected chi connectivity index (χ0v) is 17.7. The van der Waals surface area contributed by atoms with Crippen LogP contribution in [-0.2, 0) is 14.8 Å². The lowest BCUT2D eigenvalue weighted by atomic mass is 10.2. The highest BCUT2D eigenvalue weighted by Gasteiger charge is 2.25. The minimum absolute atomic E-state index is 0.0974. The van der Waals surface area contributed by atoms with Gasteiger partial charge < -0.3 is 10.6 Å². The fourth-order valence-corrected chi connectivity index (χ4v) is 5.38. The van der Waals surface area contributed by atoms with Crippen molar-refractivity contribution in [2.45, 2.75) is 37.0 Å². The number of carbonyl (C=O) groups is 2. The minimum atomic E-state index is -3.57. The Kier molecular flexibility index (Phi) is 7.40. The van der Waals surface area contributed by atoms with E-state index in [0.717, 1.165) is 25.7 Å². The Morgan fingerprint density at radius 2 is 1.79 bits per heavy atom. The Morgan fingerprint density at radius 1 is 1.03 bits per heavy atom. The molecule has 1 aromatic heterocycles. The number of benzene rings is 1. The number of rotatable bonds is 7. The molecular formula is C20H25N3O4S2. The monoisotopic (exact) mass is 435 g/mol. The summed E-state index contributed by atoms with van der Waals surface area (Å²) in [5.41, 5.74) is 0.426. The van der Waals surface area contributed by atoms with Crippen LogP contribution >= 0.6 is 11.3 Å². The van der Waals surface area contributed by atoms with E-state index >= 15 is 0 Å². The van der Waals surface area contributed by atoms with E-state index in [1.807, 2.05) is 5.38 Å². The van der Waals surface area contributed by atoms with Crippen molar-refractivity contribution in [3.8, 4) is 0 Å². The largest absolute Gasteiger partial charge is 0.351 e. The van der Waals surface area contributed by atoms with Crippen LogP contribution in [0.25, 0.3) is 0 Å². The van der Waals surface area contributed by atoms with Crippen molar-refractivity contribution in [1.29, 1.82) is 0 Å². The molecule has 2 amide bonds. The molecule has 1 aromatic carbocycles. The summed E-state index contributed by atoms with van der Waals surface area (Å²) in [5.74, 6) is -0.501. The standard InChI is InChI=1S/C20H25N3O4S2/c24-19(10-11-21-20(25)18-9-6-14-28-18)22-16-7-5-8-17(15-16)29(26,27)23-12-3-1-2-4-13-23/h5-9,14-15H,1-4,10-13H2,(H,21,25)(H,22,24). The number of nitrogens with one attached hydrogen (secondary N) is 2. The number of carbonyl (C=O) groups excluding carboxylic acids is 2. The highest BCUT2D eigenvalue weighted by Crippen LogP contribution is 2.22. The molecule has 0 saturated carbocycles. The van der Waals surface area contributed by atoms with Gasteiger partial charge in [-0.1, -0.05) is 25.0 Å². The van der Waals surface area contributed by atoms with Crippen molar-refractivity contribution < 1.29 is 18.0 Å². The Bertz CT molecular complexity index is 934. The number of anilines is 1. The van der Waals surface area contributed by atoms with E-state index < -0.39 is 10.0 Å². The van der Waals surface area contributed by atoms with E-state index in [2.05, 4.69) is 10.6 Å². The summed E-state index contributed by atoms with van der Waals surface area (Å²) in [7, 11) is -3.57. The third kappa shape index (κ3) is 5.88. The van der Waals surface area contributed by atoms with E-state index in [1.54, 1.807) is 30.3 Å². The van der Waals surface area contributed by atoms with Gasteiger partial charge in [-0.2, -0.15) is 4.31 Å². The van der Waals surface area contributed by atoms with Gasteiger partial charge >= 0.3 is 0 Å². The third-order valence-corrected chi connectivity index (χ3v) is 7.47. The van der Waals surface area contributed by atoms with Crippen LogP contribution in [0.15, 0.2) is 46.7 Å². The van der Waals surface area contributed by atoms with Crippen LogP contribution in [0.2, 0.25) is 0 Å². The van der Waals surface area contributed by atoms with Crippen LogP contribution in [-0.4, -0.2) is 44.2 Å². The van der Waals surface area contributed by atoms with E-state index in [9.17, 15) is 18.0 Å². The lowest BCUT2D eigenvalue weighted by molar-refractivity contribution is -0.116. The van der Waals surface area contributed by atoms with E-state index in [4.69, 9.17) is 0 Å². The first-order valence-electron chi connectivity index (χ1n) is 9.68. The topological polar surface area (TPSA) is 95.6 Å². The molecule has 3 rings (SSSR count). The molecule has 7 nitrogen and oxygen atoms in total. The molecule has 2 N–H and O–H groups in total. The zero-order valence-electron chi connectivity index (χ0n) is 16.1. The second-order valence-electron chi connectivity index (χ2n) is 6.88. The number of hydrogen-bond acceptors (Lipinski definition) is 5. The molecule has 0 radical (unpaired) electrons. The molecule has 2 heterocycles. The van der Waals surface area contributed by atoms with Crippen molar-refractivity contribution in [2.24, 2.45) is 0 Å². The smallest absolute Gasteiger partial charge is 0.261 e. The summed E-state index contributed by atoms with van der Waals surface area (Å²) in [6.45, 7) is 1.26. The van der Waals surface area contributed by atoms with Gasteiger partial charge in [0.2, 0.25) is 15.9 Å². The number of hydrogen-bond donors (Lipinski definition) is 2. The van der Waals surface area contributed by atoms with Gasteiger partial charge in [-0.3, -0.25) is 9.59 Å². The van der Waals surface area contributed by atoms with E-state index in [0.29, 0.717) is 23.7 Å². The zero-order chi connectivity index (χ0) is 20.7. The van der Waals surface area contributed by atoms with Gasteiger partial charge in [0, 0.05) is 31.7 Å². The molecule has 29 heavy (non-hydrogen) atoms. The maximum atomic E-state index is 12.9. The molecule has 0 atom stereocenters. The normalized spacial score (nSPS) is 15.4. The summed E-state index contributed by atoms with van der Waals surface area (Å²) in [4.78, 5) is 24.8. The van der Waals surface area contributed by atoms with Crippen LogP contribution in [0.1, 0.15) is 41.8 Å². The van der Waals surface area contributed by atoms with Crippen molar-refractivity contribution in [3.63, 3.8) is 0 Å². The number of amides is 2. The van der Waals surface area contributed by atoms with Crippen LogP contribution in [0.5, 0.6) is 0 Å². The molecule has 2 aromatic rings. The van der Waals surface area contributed by atoms with Crippen LogP contribution in [0.4, 0.5) is 5.69 Å². The second kappa shape index (κ2) is 10.00. The predicted molar refractivity (Wildman–Crippen MR) is 114 cm³/mol. The first-order valence-corrected chi connectivity index (χ1v) is 12.0. The first kappa shape index (κ1) is 21.5. The molecule has 0 spiro atoms. The summed E-state index contributed by atoms with van der Waals surface area (Å²) in [6.07, 6.45) is 3.93. The molecule has 156 valence electrons. The Hall–Kier alpha value is -2.23. The van der Waals surface area contributed by atoms with E-state index in [1.165, 1.54) is 21.7 Å². The Balaban J connectivity index is 1.56. The summed E-state index contributed by atoms with van der Waals surface area (Å²) >= 11 is 1.34. The lowest BCUT2D eigenvalue weighted by Gasteiger charge is -2.20. The summed E-state index contributed by atoms with van der Waals surface area (Å²) in [6, 6.07) is 9.83. The molecule has 9 heteroatoms. The maximum absolute atomic E-state index is 12.9. The number of sulfonamides is 1. The molecule has 1 saturated heterocycles. The number of thiophene rings is 1. The summed E-state index contributed by atoms with van der Waals surface area (Å²) in [5, 5.41) is 7.22. The van der Waals surface area contributed by atoms with Gasteiger partial charge in [0.15, 0.2) is 0 Å². The van der Waals surface area contributed by atoms with Gasteiger partial charge in [-0.25, -0.2) is 8.42 Å². The summed E-state index contributed by atoms with van der Waals surface area (Å²) < 4.78 is 27.3. The van der Waals surface area contributed by atoms with Crippen LogP contribution < -0.4 is 10.6 Å². The van der Waals surface area contributed by atoms with Gasteiger partial charge in [-0.15, -0.1) is 11.3 Å². The SMILES string of the molecule is O=C(CCNC(=O)c1cccs1)Nc1cccc(S(=O)(=O)N2CCCCCC2)c1. The van der Waals surface area contributed by atoms with Crippen molar-refractivity contribution in [3.05, 3.63) is 46.7 Å². The second-order valence-corrected chi connectivity index (χ2v) is 9.76. The lowest BCUT2D eigenvalue weighted by Crippen LogP contribution is -2.32. The maximum Gasteiger partial charge on any atom is 0.261 e. The highest BCUT2D eigenvalue weighted by molar-refractivity contribution is 7.89. The Labute approximate surface area is 175 Å².